The first kappa shape index (κ1) is 16.5. The Bertz CT molecular complexity index is 520. The van der Waals surface area contributed by atoms with Crippen LogP contribution in [0.1, 0.15) is 5.56 Å². The van der Waals surface area contributed by atoms with Crippen LogP contribution in [0.5, 0.6) is 5.75 Å². The van der Waals surface area contributed by atoms with E-state index in [0.717, 1.165) is 5.56 Å². The fraction of sp³-hybridized carbons (Fsp3) is 0.250. The molecule has 0 saturated carbocycles. The maximum absolute atomic E-state index is 11.3. The predicted octanol–water partition coefficient (Wildman–Crippen LogP) is 1.90. The number of likely N-dealkylation sites (N-methyl/N-ethyl adjacent to an activating group) is 1. The number of benzene rings is 1. The molecule has 1 aromatic rings. The molecule has 0 aliphatic heterocycles. The third kappa shape index (κ3) is 5.95. The summed E-state index contributed by atoms with van der Waals surface area (Å²) in [5.74, 6) is 0.164. The number of hydrogen-bond acceptors (Lipinski definition) is 4. The summed E-state index contributed by atoms with van der Waals surface area (Å²) in [6, 6.07) is 7.25. The maximum Gasteiger partial charge on any atom is 0.330 e. The van der Waals surface area contributed by atoms with Crippen LogP contribution in [0.15, 0.2) is 43.0 Å². The van der Waals surface area contributed by atoms with Gasteiger partial charge in [-0.25, -0.2) is 4.79 Å². The molecule has 0 unspecified atom stereocenters. The summed E-state index contributed by atoms with van der Waals surface area (Å²) in [5, 5.41) is 0. The normalized spacial score (nSPS) is 10.2. The molecule has 0 N–H and O–H groups in total. The third-order valence-corrected chi connectivity index (χ3v) is 2.74. The van der Waals surface area contributed by atoms with Crippen molar-refractivity contribution in [3.05, 3.63) is 48.6 Å². The number of ether oxygens (including phenoxy) is 2. The molecule has 21 heavy (non-hydrogen) atoms. The van der Waals surface area contributed by atoms with Crippen molar-refractivity contribution >= 4 is 18.0 Å². The van der Waals surface area contributed by atoms with Gasteiger partial charge in [-0.15, -0.1) is 0 Å². The molecule has 1 rings (SSSR count). The number of nitrogens with zero attached hydrogens (tertiary/aromatic N) is 1. The molecule has 1 amide bonds. The zero-order chi connectivity index (χ0) is 15.7. The van der Waals surface area contributed by atoms with Crippen molar-refractivity contribution < 1.29 is 19.1 Å². The van der Waals surface area contributed by atoms with E-state index in [4.69, 9.17) is 4.74 Å². The van der Waals surface area contributed by atoms with E-state index in [9.17, 15) is 9.59 Å². The van der Waals surface area contributed by atoms with Crippen molar-refractivity contribution in [2.45, 2.75) is 0 Å². The fourth-order valence-corrected chi connectivity index (χ4v) is 1.47. The molecule has 0 saturated heterocycles. The average molecular weight is 289 g/mol. The number of esters is 1. The van der Waals surface area contributed by atoms with Crippen molar-refractivity contribution in [1.29, 1.82) is 0 Å². The van der Waals surface area contributed by atoms with E-state index in [-0.39, 0.29) is 5.91 Å². The Morgan fingerprint density at radius 1 is 1.29 bits per heavy atom. The Labute approximate surface area is 124 Å². The van der Waals surface area contributed by atoms with Crippen LogP contribution < -0.4 is 4.74 Å². The first-order valence-electron chi connectivity index (χ1n) is 6.43. The molecule has 0 aliphatic carbocycles. The van der Waals surface area contributed by atoms with E-state index in [2.05, 4.69) is 11.3 Å². The number of rotatable bonds is 7. The van der Waals surface area contributed by atoms with Gasteiger partial charge in [-0.05, 0) is 29.8 Å². The van der Waals surface area contributed by atoms with Crippen molar-refractivity contribution in [3.63, 3.8) is 0 Å². The van der Waals surface area contributed by atoms with Crippen LogP contribution in [0.4, 0.5) is 0 Å². The molecule has 1 aromatic carbocycles. The SMILES string of the molecule is C=CC(=O)N(C)CCOc1ccc(/C=C/C(=O)OC)cc1. The molecular formula is C16H19NO4. The van der Waals surface area contributed by atoms with Crippen LogP contribution in [0.2, 0.25) is 0 Å². The highest BCUT2D eigenvalue weighted by atomic mass is 16.5. The first-order chi connectivity index (χ1) is 10.1. The average Bonchev–Trinajstić information content (AvgIpc) is 2.52. The van der Waals surface area contributed by atoms with E-state index in [1.54, 1.807) is 25.3 Å². The van der Waals surface area contributed by atoms with E-state index in [1.807, 2.05) is 12.1 Å². The van der Waals surface area contributed by atoms with Gasteiger partial charge in [0.1, 0.15) is 12.4 Å². The van der Waals surface area contributed by atoms with Crippen LogP contribution >= 0.6 is 0 Å². The summed E-state index contributed by atoms with van der Waals surface area (Å²) in [7, 11) is 3.02. The van der Waals surface area contributed by atoms with E-state index in [0.29, 0.717) is 18.9 Å². The topological polar surface area (TPSA) is 55.8 Å². The Morgan fingerprint density at radius 3 is 2.52 bits per heavy atom. The summed E-state index contributed by atoms with van der Waals surface area (Å²) in [5.41, 5.74) is 0.867. The number of carbonyl (C=O) groups is 2. The highest BCUT2D eigenvalue weighted by Crippen LogP contribution is 2.13. The summed E-state index contributed by atoms with van der Waals surface area (Å²) in [6.45, 7) is 4.30. The first-order valence-corrected chi connectivity index (χ1v) is 6.43. The van der Waals surface area contributed by atoms with Gasteiger partial charge in [-0.1, -0.05) is 18.7 Å². The number of hydrogen-bond donors (Lipinski definition) is 0. The van der Waals surface area contributed by atoms with Crippen molar-refractivity contribution in [2.75, 3.05) is 27.3 Å². The number of methoxy groups -OCH3 is 1. The Balaban J connectivity index is 2.44. The van der Waals surface area contributed by atoms with Gasteiger partial charge in [0.15, 0.2) is 0 Å². The van der Waals surface area contributed by atoms with Crippen LogP contribution in [0, 0.1) is 0 Å². The van der Waals surface area contributed by atoms with Gasteiger partial charge in [0.2, 0.25) is 5.91 Å². The lowest BCUT2D eigenvalue weighted by Crippen LogP contribution is -2.29. The second-order valence-corrected chi connectivity index (χ2v) is 4.24. The van der Waals surface area contributed by atoms with Crippen LogP contribution in [0.3, 0.4) is 0 Å². The second-order valence-electron chi connectivity index (χ2n) is 4.24. The second kappa shape index (κ2) is 8.58. The van der Waals surface area contributed by atoms with Gasteiger partial charge in [0, 0.05) is 13.1 Å². The highest BCUT2D eigenvalue weighted by Gasteiger charge is 2.03. The van der Waals surface area contributed by atoms with E-state index >= 15 is 0 Å². The molecule has 112 valence electrons. The molecule has 0 radical (unpaired) electrons. The molecule has 0 fully saturated rings. The fourth-order valence-electron chi connectivity index (χ4n) is 1.47. The zero-order valence-corrected chi connectivity index (χ0v) is 12.2. The van der Waals surface area contributed by atoms with Crippen LogP contribution in [0.25, 0.3) is 6.08 Å². The zero-order valence-electron chi connectivity index (χ0n) is 12.2. The smallest absolute Gasteiger partial charge is 0.330 e. The highest BCUT2D eigenvalue weighted by molar-refractivity contribution is 5.87. The Hall–Kier alpha value is -2.56. The van der Waals surface area contributed by atoms with Crippen molar-refractivity contribution in [3.8, 4) is 5.75 Å². The number of carbonyl (C=O) groups excluding carboxylic acids is 2. The van der Waals surface area contributed by atoms with Crippen LogP contribution in [-0.4, -0.2) is 44.1 Å². The van der Waals surface area contributed by atoms with Gasteiger partial charge in [0.05, 0.1) is 13.7 Å². The third-order valence-electron chi connectivity index (χ3n) is 2.74. The molecule has 0 aliphatic rings. The van der Waals surface area contributed by atoms with Gasteiger partial charge < -0.3 is 14.4 Å². The predicted molar refractivity (Wildman–Crippen MR) is 80.8 cm³/mol. The van der Waals surface area contributed by atoms with Gasteiger partial charge in [0.25, 0.3) is 0 Å². The summed E-state index contributed by atoms with van der Waals surface area (Å²) in [4.78, 5) is 23.7. The lowest BCUT2D eigenvalue weighted by Gasteiger charge is -2.15. The lowest BCUT2D eigenvalue weighted by molar-refractivity contribution is -0.134. The molecule has 5 heteroatoms. The lowest BCUT2D eigenvalue weighted by atomic mass is 10.2. The molecule has 5 nitrogen and oxygen atoms in total. The molecule has 0 atom stereocenters. The van der Waals surface area contributed by atoms with Crippen molar-refractivity contribution in [2.24, 2.45) is 0 Å². The molecule has 0 spiro atoms. The largest absolute Gasteiger partial charge is 0.492 e. The molecular weight excluding hydrogens is 270 g/mol. The minimum absolute atomic E-state index is 0.137. The quantitative estimate of drug-likeness (QED) is 0.568. The monoisotopic (exact) mass is 289 g/mol. The van der Waals surface area contributed by atoms with E-state index < -0.39 is 5.97 Å². The minimum Gasteiger partial charge on any atom is -0.492 e. The summed E-state index contributed by atoms with van der Waals surface area (Å²) < 4.78 is 10.0. The Morgan fingerprint density at radius 2 is 1.95 bits per heavy atom. The maximum atomic E-state index is 11.3. The Kier molecular flexibility index (Phi) is 6.74. The molecule has 0 aromatic heterocycles. The van der Waals surface area contributed by atoms with Gasteiger partial charge >= 0.3 is 5.97 Å². The molecule has 0 heterocycles. The van der Waals surface area contributed by atoms with Crippen molar-refractivity contribution in [1.82, 2.24) is 4.90 Å². The summed E-state index contributed by atoms with van der Waals surface area (Å²) in [6.07, 6.45) is 4.28. The summed E-state index contributed by atoms with van der Waals surface area (Å²) >= 11 is 0. The molecule has 0 bridgehead atoms. The number of amides is 1. The van der Waals surface area contributed by atoms with Crippen LogP contribution in [-0.2, 0) is 14.3 Å². The minimum atomic E-state index is -0.398. The standard InChI is InChI=1S/C16H19NO4/c1-4-15(18)17(2)11-12-21-14-8-5-13(6-9-14)7-10-16(19)20-3/h4-10H,1,11-12H2,2-3H3/b10-7+. The van der Waals surface area contributed by atoms with Gasteiger partial charge in [-0.3, -0.25) is 4.79 Å². The van der Waals surface area contributed by atoms with Gasteiger partial charge in [-0.2, -0.15) is 0 Å². The van der Waals surface area contributed by atoms with E-state index in [1.165, 1.54) is 24.2 Å².